The van der Waals surface area contributed by atoms with Crippen LogP contribution >= 0.6 is 0 Å². The Balaban J connectivity index is 0. The number of esters is 3. The average Bonchev–Trinajstić information content (AvgIpc) is 3.07. The van der Waals surface area contributed by atoms with E-state index in [9.17, 15) is 14.4 Å². The van der Waals surface area contributed by atoms with Crippen LogP contribution in [0.15, 0.2) is 0 Å². The lowest BCUT2D eigenvalue weighted by atomic mass is 10.0. The van der Waals surface area contributed by atoms with E-state index in [0.29, 0.717) is 32.5 Å². The Morgan fingerprint density at radius 1 is 0.426 bits per heavy atom. The first-order valence-corrected chi connectivity index (χ1v) is 19.7. The molecule has 8 heteroatoms. The maximum atomic E-state index is 11.4. The van der Waals surface area contributed by atoms with Crippen LogP contribution in [0.3, 0.4) is 0 Å². The van der Waals surface area contributed by atoms with Crippen molar-refractivity contribution in [3.8, 4) is 0 Å². The molecule has 8 nitrogen and oxygen atoms in total. The summed E-state index contributed by atoms with van der Waals surface area (Å²) in [6.45, 7) is 7.08. The van der Waals surface area contributed by atoms with E-state index in [-0.39, 0.29) is 31.1 Å². The Kier molecular flexibility index (Phi) is 40.9. The van der Waals surface area contributed by atoms with E-state index in [1.165, 1.54) is 83.5 Å². The van der Waals surface area contributed by atoms with Crippen molar-refractivity contribution in [3.63, 3.8) is 0 Å². The van der Waals surface area contributed by atoms with Gasteiger partial charge in [0, 0.05) is 19.3 Å². The Labute approximate surface area is 289 Å². The number of aliphatic hydroxyl groups excluding tert-OH is 2. The molecule has 1 unspecified atom stereocenters. The second kappa shape index (κ2) is 40.5. The number of hydrogen-bond acceptors (Lipinski definition) is 8. The van der Waals surface area contributed by atoms with Crippen LogP contribution in [-0.4, -0.2) is 60.7 Å². The van der Waals surface area contributed by atoms with Crippen molar-refractivity contribution in [3.05, 3.63) is 0 Å². The zero-order valence-corrected chi connectivity index (χ0v) is 31.0. The minimum absolute atomic E-state index is 0.0664. The lowest BCUT2D eigenvalue weighted by molar-refractivity contribution is -0.147. The Morgan fingerprint density at radius 2 is 0.702 bits per heavy atom. The zero-order chi connectivity index (χ0) is 35.1. The maximum absolute atomic E-state index is 11.4. The van der Waals surface area contributed by atoms with Gasteiger partial charge >= 0.3 is 17.9 Å². The van der Waals surface area contributed by atoms with Gasteiger partial charge < -0.3 is 24.4 Å². The van der Waals surface area contributed by atoms with E-state index in [4.69, 9.17) is 24.4 Å². The van der Waals surface area contributed by atoms with Crippen molar-refractivity contribution in [1.29, 1.82) is 0 Å². The number of carbonyl (C=O) groups excluding carboxylic acids is 3. The topological polar surface area (TPSA) is 119 Å². The molecule has 0 rings (SSSR count). The molecule has 0 aromatic rings. The van der Waals surface area contributed by atoms with Gasteiger partial charge in [0.15, 0.2) is 0 Å². The number of hydrogen-bond donors (Lipinski definition) is 2. The van der Waals surface area contributed by atoms with Crippen molar-refractivity contribution < 1.29 is 38.8 Å². The smallest absolute Gasteiger partial charge is 0.305 e. The van der Waals surface area contributed by atoms with E-state index < -0.39 is 6.10 Å². The normalized spacial score (nSPS) is 11.4. The van der Waals surface area contributed by atoms with Gasteiger partial charge in [0.05, 0.1) is 19.8 Å². The highest BCUT2D eigenvalue weighted by Crippen LogP contribution is 2.14. The molecule has 0 saturated carbocycles. The van der Waals surface area contributed by atoms with Gasteiger partial charge in [-0.2, -0.15) is 0 Å². The summed E-state index contributed by atoms with van der Waals surface area (Å²) in [6, 6.07) is 0. The monoisotopic (exact) mass is 673 g/mol. The fourth-order valence-corrected chi connectivity index (χ4v) is 5.01. The molecule has 0 heterocycles. The van der Waals surface area contributed by atoms with Crippen molar-refractivity contribution in [2.45, 2.75) is 207 Å². The average molecular weight is 673 g/mol. The molecule has 47 heavy (non-hydrogen) atoms. The van der Waals surface area contributed by atoms with Gasteiger partial charge in [0.25, 0.3) is 0 Å². The van der Waals surface area contributed by atoms with Crippen LogP contribution in [-0.2, 0) is 28.6 Å². The summed E-state index contributed by atoms with van der Waals surface area (Å²) in [7, 11) is 0. The molecule has 0 spiro atoms. The molecule has 0 saturated heterocycles. The minimum atomic E-state index is -0.954. The molecule has 280 valence electrons. The van der Waals surface area contributed by atoms with Crippen LogP contribution in [0.25, 0.3) is 0 Å². The Hall–Kier alpha value is -1.67. The van der Waals surface area contributed by atoms with Gasteiger partial charge in [-0.25, -0.2) is 0 Å². The van der Waals surface area contributed by atoms with Crippen LogP contribution in [0.1, 0.15) is 201 Å². The molecule has 0 aliphatic rings. The first-order valence-electron chi connectivity index (χ1n) is 19.7. The second-order valence-corrected chi connectivity index (χ2v) is 13.0. The van der Waals surface area contributed by atoms with Crippen molar-refractivity contribution in [1.82, 2.24) is 0 Å². The van der Waals surface area contributed by atoms with Crippen LogP contribution < -0.4 is 0 Å². The highest BCUT2D eigenvalue weighted by molar-refractivity contribution is 5.69. The molecule has 0 radical (unpaired) electrons. The van der Waals surface area contributed by atoms with E-state index >= 15 is 0 Å². The molecule has 0 amide bonds. The molecule has 0 aliphatic carbocycles. The van der Waals surface area contributed by atoms with Crippen molar-refractivity contribution in [2.75, 3.05) is 26.4 Å². The van der Waals surface area contributed by atoms with Crippen molar-refractivity contribution >= 4 is 17.9 Å². The molecule has 0 bridgehead atoms. The zero-order valence-electron chi connectivity index (χ0n) is 31.0. The standard InChI is InChI=1S/C21H42O4.C18H34O4/c1-2-3-4-5-6-7-8-9-10-11-12-13-14-15-16-17-21(24)25-19-20(23)18-22;1-3-5-15-21-17(19)13-11-9-7-8-10-12-14-18(20)22-16-6-4-2/h20,22-23H,2-19H2,1H3;3-16H2,1-2H3. The number of aliphatic hydroxyl groups is 2. The Bertz CT molecular complexity index is 641. The van der Waals surface area contributed by atoms with Crippen LogP contribution in [0.4, 0.5) is 0 Å². The third-order valence-corrected chi connectivity index (χ3v) is 8.17. The number of unbranched alkanes of at least 4 members (excludes halogenated alkanes) is 21. The number of ether oxygens (including phenoxy) is 3. The molecular formula is C39H76O8. The third-order valence-electron chi connectivity index (χ3n) is 8.17. The summed E-state index contributed by atoms with van der Waals surface area (Å²) in [5, 5.41) is 17.7. The molecule has 0 aromatic carbocycles. The maximum Gasteiger partial charge on any atom is 0.305 e. The van der Waals surface area contributed by atoms with Crippen LogP contribution in [0.2, 0.25) is 0 Å². The Morgan fingerprint density at radius 3 is 1.00 bits per heavy atom. The van der Waals surface area contributed by atoms with E-state index in [0.717, 1.165) is 77.0 Å². The number of carbonyl (C=O) groups is 3. The van der Waals surface area contributed by atoms with Crippen LogP contribution in [0.5, 0.6) is 0 Å². The minimum Gasteiger partial charge on any atom is -0.466 e. The van der Waals surface area contributed by atoms with Crippen LogP contribution in [0, 0.1) is 0 Å². The summed E-state index contributed by atoms with van der Waals surface area (Å²) in [6.07, 6.45) is 30.3. The molecule has 1 atom stereocenters. The second-order valence-electron chi connectivity index (χ2n) is 13.0. The van der Waals surface area contributed by atoms with Gasteiger partial charge in [-0.05, 0) is 32.1 Å². The highest BCUT2D eigenvalue weighted by Gasteiger charge is 2.07. The highest BCUT2D eigenvalue weighted by atomic mass is 16.5. The van der Waals surface area contributed by atoms with E-state index in [1.54, 1.807) is 0 Å². The van der Waals surface area contributed by atoms with Gasteiger partial charge in [-0.3, -0.25) is 14.4 Å². The predicted octanol–water partition coefficient (Wildman–Crippen LogP) is 9.94. The quantitative estimate of drug-likeness (QED) is 0.0394. The molecule has 0 aliphatic heterocycles. The summed E-state index contributed by atoms with van der Waals surface area (Å²) in [5.41, 5.74) is 0. The van der Waals surface area contributed by atoms with Gasteiger partial charge in [0.2, 0.25) is 0 Å². The molecule has 2 N–H and O–H groups in total. The number of rotatable bonds is 34. The summed E-state index contributed by atoms with van der Waals surface area (Å²) >= 11 is 0. The molecule has 0 fully saturated rings. The fourth-order valence-electron chi connectivity index (χ4n) is 5.01. The largest absolute Gasteiger partial charge is 0.466 e. The summed E-state index contributed by atoms with van der Waals surface area (Å²) in [4.78, 5) is 34.1. The van der Waals surface area contributed by atoms with E-state index in [2.05, 4.69) is 20.8 Å². The first kappa shape index (κ1) is 47.4. The third kappa shape index (κ3) is 42.3. The predicted molar refractivity (Wildman–Crippen MR) is 192 cm³/mol. The lowest BCUT2D eigenvalue weighted by Gasteiger charge is -2.08. The molecular weight excluding hydrogens is 596 g/mol. The summed E-state index contributed by atoms with van der Waals surface area (Å²) < 4.78 is 15.1. The van der Waals surface area contributed by atoms with Gasteiger partial charge in [0.1, 0.15) is 12.7 Å². The SMILES string of the molecule is CCCCCCCCCCCCCCCCCC(=O)OCC(O)CO.CCCCOC(=O)CCCCCCCCC(=O)OCCCC. The van der Waals surface area contributed by atoms with Gasteiger partial charge in [-0.1, -0.05) is 149 Å². The first-order chi connectivity index (χ1) is 22.9. The summed E-state index contributed by atoms with van der Waals surface area (Å²) in [5.74, 6) is -0.409. The van der Waals surface area contributed by atoms with E-state index in [1.807, 2.05) is 0 Å². The fraction of sp³-hybridized carbons (Fsp3) is 0.923. The van der Waals surface area contributed by atoms with Crippen molar-refractivity contribution in [2.24, 2.45) is 0 Å². The lowest BCUT2D eigenvalue weighted by Crippen LogP contribution is -2.21. The van der Waals surface area contributed by atoms with Gasteiger partial charge in [-0.15, -0.1) is 0 Å². The molecule has 0 aromatic heterocycles.